The van der Waals surface area contributed by atoms with E-state index in [2.05, 4.69) is 27.9 Å². The van der Waals surface area contributed by atoms with Gasteiger partial charge in [-0.05, 0) is 96.0 Å². The summed E-state index contributed by atoms with van der Waals surface area (Å²) in [5.41, 5.74) is 3.79. The minimum absolute atomic E-state index is 0.149. The van der Waals surface area contributed by atoms with Crippen LogP contribution in [0.4, 0.5) is 10.5 Å². The van der Waals surface area contributed by atoms with Crippen LogP contribution in [0.3, 0.4) is 0 Å². The summed E-state index contributed by atoms with van der Waals surface area (Å²) in [6.45, 7) is 6.48. The smallest absolute Gasteiger partial charge is 0.335 e. The molecule has 1 heterocycles. The molecule has 1 aliphatic heterocycles. The topological polar surface area (TPSA) is 84.9 Å². The molecule has 1 N–H and O–H groups in total. The Morgan fingerprint density at radius 1 is 0.944 bits per heavy atom. The molecule has 1 fully saturated rings. The van der Waals surface area contributed by atoms with Gasteiger partial charge in [0.1, 0.15) is 12.2 Å². The van der Waals surface area contributed by atoms with Crippen molar-refractivity contribution in [3.8, 4) is 11.5 Å². The number of amides is 4. The molecule has 0 aliphatic carbocycles. The summed E-state index contributed by atoms with van der Waals surface area (Å²) in [6, 6.07) is 17.8. The molecule has 184 valence electrons. The number of hydrogen-bond acceptors (Lipinski definition) is 5. The molecule has 0 radical (unpaired) electrons. The van der Waals surface area contributed by atoms with Crippen LogP contribution in [-0.4, -0.2) is 24.5 Å². The predicted octanol–water partition coefficient (Wildman–Crippen LogP) is 5.55. The van der Waals surface area contributed by atoms with Crippen LogP contribution in [0.1, 0.15) is 29.2 Å². The number of urea groups is 1. The van der Waals surface area contributed by atoms with Crippen molar-refractivity contribution in [2.75, 3.05) is 11.5 Å². The van der Waals surface area contributed by atoms with Crippen LogP contribution in [-0.2, 0) is 16.2 Å². The fraction of sp³-hybridized carbons (Fsp3) is 0.179. The summed E-state index contributed by atoms with van der Waals surface area (Å²) >= 11 is 2.14. The van der Waals surface area contributed by atoms with E-state index in [9.17, 15) is 14.4 Å². The molecular weight excluding hydrogens is 571 g/mol. The molecule has 0 atom stereocenters. The second-order valence-electron chi connectivity index (χ2n) is 8.26. The molecule has 1 aliphatic rings. The monoisotopic (exact) mass is 596 g/mol. The Morgan fingerprint density at radius 3 is 2.39 bits per heavy atom. The second kappa shape index (κ2) is 10.9. The average Bonchev–Trinajstić information content (AvgIpc) is 2.84. The van der Waals surface area contributed by atoms with Crippen LogP contribution < -0.4 is 19.7 Å². The minimum Gasteiger partial charge on any atom is -0.490 e. The second-order valence-corrected chi connectivity index (χ2v) is 9.43. The normalized spacial score (nSPS) is 14.7. The van der Waals surface area contributed by atoms with Crippen molar-refractivity contribution < 1.29 is 23.9 Å². The van der Waals surface area contributed by atoms with Crippen molar-refractivity contribution in [1.29, 1.82) is 0 Å². The number of carbonyl (C=O) groups excluding carboxylic acids is 3. The summed E-state index contributed by atoms with van der Waals surface area (Å²) in [5, 5.41) is 2.27. The maximum absolute atomic E-state index is 13.3. The first-order valence-electron chi connectivity index (χ1n) is 11.4. The number of ether oxygens (including phenoxy) is 2. The lowest BCUT2D eigenvalue weighted by molar-refractivity contribution is -0.122. The highest BCUT2D eigenvalue weighted by molar-refractivity contribution is 14.1. The fourth-order valence-electron chi connectivity index (χ4n) is 3.73. The van der Waals surface area contributed by atoms with Gasteiger partial charge in [-0.3, -0.25) is 14.9 Å². The van der Waals surface area contributed by atoms with E-state index in [1.165, 1.54) is 6.08 Å². The van der Waals surface area contributed by atoms with Crippen molar-refractivity contribution in [1.82, 2.24) is 5.32 Å². The predicted molar refractivity (Wildman–Crippen MR) is 146 cm³/mol. The number of rotatable bonds is 7. The summed E-state index contributed by atoms with van der Waals surface area (Å²) in [4.78, 5) is 39.4. The van der Waals surface area contributed by atoms with E-state index in [4.69, 9.17) is 9.47 Å². The summed E-state index contributed by atoms with van der Waals surface area (Å²) in [7, 11) is 0. The van der Waals surface area contributed by atoms with Crippen LogP contribution in [0.25, 0.3) is 6.08 Å². The van der Waals surface area contributed by atoms with Gasteiger partial charge >= 0.3 is 6.03 Å². The molecular formula is C28H25IN2O5. The van der Waals surface area contributed by atoms with Crippen LogP contribution in [0.2, 0.25) is 0 Å². The summed E-state index contributed by atoms with van der Waals surface area (Å²) < 4.78 is 12.6. The lowest BCUT2D eigenvalue weighted by Gasteiger charge is -2.27. The van der Waals surface area contributed by atoms with Crippen LogP contribution in [0.5, 0.6) is 11.5 Å². The Morgan fingerprint density at radius 2 is 1.69 bits per heavy atom. The van der Waals surface area contributed by atoms with Gasteiger partial charge in [0.25, 0.3) is 11.8 Å². The van der Waals surface area contributed by atoms with E-state index in [-0.39, 0.29) is 5.57 Å². The first kappa shape index (κ1) is 25.4. The zero-order chi connectivity index (χ0) is 25.8. The van der Waals surface area contributed by atoms with Gasteiger partial charge in [-0.1, -0.05) is 36.4 Å². The van der Waals surface area contributed by atoms with Gasteiger partial charge in [-0.25, -0.2) is 9.69 Å². The summed E-state index contributed by atoms with van der Waals surface area (Å²) in [6.07, 6.45) is 1.46. The first-order valence-corrected chi connectivity index (χ1v) is 12.5. The maximum Gasteiger partial charge on any atom is 0.335 e. The van der Waals surface area contributed by atoms with Crippen molar-refractivity contribution in [3.63, 3.8) is 0 Å². The average molecular weight is 596 g/mol. The molecule has 7 nitrogen and oxygen atoms in total. The highest BCUT2D eigenvalue weighted by atomic mass is 127. The van der Waals surface area contributed by atoms with Gasteiger partial charge in [0.2, 0.25) is 0 Å². The minimum atomic E-state index is -0.778. The molecule has 8 heteroatoms. The molecule has 0 bridgehead atoms. The Balaban J connectivity index is 1.67. The van der Waals surface area contributed by atoms with Crippen molar-refractivity contribution in [3.05, 3.63) is 92.1 Å². The highest BCUT2D eigenvalue weighted by Crippen LogP contribution is 2.36. The molecule has 4 amide bonds. The number of nitrogens with one attached hydrogen (secondary N) is 1. The third-order valence-electron chi connectivity index (χ3n) is 5.72. The van der Waals surface area contributed by atoms with Gasteiger partial charge in [0.05, 0.1) is 15.9 Å². The van der Waals surface area contributed by atoms with Crippen molar-refractivity contribution in [2.24, 2.45) is 0 Å². The van der Waals surface area contributed by atoms with E-state index < -0.39 is 17.8 Å². The Kier molecular flexibility index (Phi) is 7.73. The molecule has 0 saturated carbocycles. The number of carbonyl (C=O) groups is 3. The molecule has 0 aromatic heterocycles. The number of barbiturate groups is 1. The van der Waals surface area contributed by atoms with Crippen LogP contribution >= 0.6 is 22.6 Å². The quantitative estimate of drug-likeness (QED) is 0.220. The van der Waals surface area contributed by atoms with E-state index in [1.54, 1.807) is 24.3 Å². The zero-order valence-electron chi connectivity index (χ0n) is 20.1. The zero-order valence-corrected chi connectivity index (χ0v) is 22.3. The van der Waals surface area contributed by atoms with Gasteiger partial charge in [0, 0.05) is 0 Å². The molecule has 0 spiro atoms. The standard InChI is InChI=1S/C28H25IN2O5/c1-4-35-24-15-20(14-23(29)25(24)36-16-19-8-6-5-7-9-19)13-22-26(32)30-28(34)31(27(22)33)21-11-10-17(2)18(3)12-21/h5-15H,4,16H2,1-3H3,(H,30,32,34)/b22-13+. The number of aryl methyl sites for hydroxylation is 2. The molecule has 1 saturated heterocycles. The fourth-order valence-corrected chi connectivity index (χ4v) is 4.51. The molecule has 0 unspecified atom stereocenters. The van der Waals surface area contributed by atoms with Crippen molar-refractivity contribution >= 4 is 52.2 Å². The van der Waals surface area contributed by atoms with Gasteiger partial charge in [-0.2, -0.15) is 0 Å². The van der Waals surface area contributed by atoms with Gasteiger partial charge in [0.15, 0.2) is 11.5 Å². The third-order valence-corrected chi connectivity index (χ3v) is 6.52. The largest absolute Gasteiger partial charge is 0.490 e. The highest BCUT2D eigenvalue weighted by Gasteiger charge is 2.37. The number of halogens is 1. The number of imide groups is 2. The van der Waals surface area contributed by atoms with Gasteiger partial charge in [-0.15, -0.1) is 0 Å². The van der Waals surface area contributed by atoms with Gasteiger partial charge < -0.3 is 9.47 Å². The Hall–Kier alpha value is -3.66. The van der Waals surface area contributed by atoms with E-state index in [1.807, 2.05) is 57.2 Å². The van der Waals surface area contributed by atoms with E-state index in [0.717, 1.165) is 25.2 Å². The maximum atomic E-state index is 13.3. The number of anilines is 1. The lowest BCUT2D eigenvalue weighted by atomic mass is 10.0. The Bertz CT molecular complexity index is 1370. The molecule has 36 heavy (non-hydrogen) atoms. The SMILES string of the molecule is CCOc1cc(/C=C2\C(=O)NC(=O)N(c3ccc(C)c(C)c3)C2=O)cc(I)c1OCc1ccccc1. The molecule has 4 rings (SSSR count). The van der Waals surface area contributed by atoms with Crippen molar-refractivity contribution in [2.45, 2.75) is 27.4 Å². The third kappa shape index (κ3) is 5.43. The van der Waals surface area contributed by atoms with E-state index >= 15 is 0 Å². The Labute approximate surface area is 223 Å². The van der Waals surface area contributed by atoms with Crippen LogP contribution in [0.15, 0.2) is 66.2 Å². The van der Waals surface area contributed by atoms with Crippen LogP contribution in [0, 0.1) is 17.4 Å². The number of nitrogens with zero attached hydrogens (tertiary/aromatic N) is 1. The number of benzene rings is 3. The van der Waals surface area contributed by atoms with E-state index in [0.29, 0.717) is 36.0 Å². The molecule has 3 aromatic rings. The summed E-state index contributed by atoms with van der Waals surface area (Å²) in [5.74, 6) is -0.361. The lowest BCUT2D eigenvalue weighted by Crippen LogP contribution is -2.54. The first-order chi connectivity index (χ1) is 17.3. The number of hydrogen-bond donors (Lipinski definition) is 1. The molecule has 3 aromatic carbocycles.